The van der Waals surface area contributed by atoms with E-state index in [0.29, 0.717) is 0 Å². The summed E-state index contributed by atoms with van der Waals surface area (Å²) < 4.78 is 0. The van der Waals surface area contributed by atoms with Crippen molar-refractivity contribution in [1.82, 2.24) is 0 Å². The molecule has 0 aliphatic rings. The van der Waals surface area contributed by atoms with Crippen molar-refractivity contribution in [2.24, 2.45) is 0 Å². The molecule has 166 valence electrons. The molecule has 0 bridgehead atoms. The molecule has 0 aliphatic heterocycles. The predicted octanol–water partition coefficient (Wildman–Crippen LogP) is -10.7. The second kappa shape index (κ2) is 15.3. The van der Waals surface area contributed by atoms with Gasteiger partial charge in [0.1, 0.15) is 5.60 Å². The van der Waals surface area contributed by atoms with Crippen molar-refractivity contribution < 1.29 is 74.4 Å². The van der Waals surface area contributed by atoms with Gasteiger partial charge < -0.3 is 74.4 Å². The van der Waals surface area contributed by atoms with Crippen LogP contribution in [0.5, 0.6) is 0 Å². The zero-order valence-corrected chi connectivity index (χ0v) is 14.4. The highest BCUT2D eigenvalue weighted by atomic mass is 16.4. The minimum absolute atomic E-state index is 0.470. The standard InChI is InChI=1S/C6H8O7.2C4H6O4/c7-3(8)1-6(13,5(11)12)2-4(9)10;2*5-3(6)1-2-4(7)8/h13H,1-2H2,(H,7,8)(H,9,10)(H,11,12);2*1-2H2,(H,5,6)(H,7,8)/p-7. The van der Waals surface area contributed by atoms with Crippen LogP contribution in [0.4, 0.5) is 0 Å². The van der Waals surface area contributed by atoms with E-state index in [4.69, 9.17) is 5.11 Å². The summed E-state index contributed by atoms with van der Waals surface area (Å²) in [6, 6.07) is 0. The number of aliphatic hydroxyl groups is 1. The van der Waals surface area contributed by atoms with Crippen LogP contribution in [0.15, 0.2) is 0 Å². The minimum Gasteiger partial charge on any atom is -0.550 e. The molecular weight excluding hydrogens is 408 g/mol. The molecule has 0 atom stereocenters. The lowest BCUT2D eigenvalue weighted by atomic mass is 9.96. The summed E-state index contributed by atoms with van der Waals surface area (Å²) in [7, 11) is 0. The maximum Gasteiger partial charge on any atom is 0.114 e. The Morgan fingerprint density at radius 1 is 0.483 bits per heavy atom. The van der Waals surface area contributed by atoms with E-state index in [0.717, 1.165) is 0 Å². The Morgan fingerprint density at radius 2 is 0.690 bits per heavy atom. The van der Waals surface area contributed by atoms with E-state index in [-0.39, 0.29) is 0 Å². The summed E-state index contributed by atoms with van der Waals surface area (Å²) >= 11 is 0. The van der Waals surface area contributed by atoms with Gasteiger partial charge in [0.2, 0.25) is 0 Å². The van der Waals surface area contributed by atoms with Gasteiger partial charge in [0, 0.05) is 48.7 Å². The van der Waals surface area contributed by atoms with Crippen molar-refractivity contribution in [1.29, 1.82) is 0 Å². The summed E-state index contributed by atoms with van der Waals surface area (Å²) in [6.07, 6.45) is -4.60. The number of carboxylic acids is 7. The minimum atomic E-state index is -2.97. The lowest BCUT2D eigenvalue weighted by molar-refractivity contribution is -0.339. The van der Waals surface area contributed by atoms with Crippen molar-refractivity contribution in [2.45, 2.75) is 44.1 Å². The van der Waals surface area contributed by atoms with Crippen LogP contribution in [0.25, 0.3) is 0 Å². The van der Waals surface area contributed by atoms with E-state index in [1.54, 1.807) is 0 Å². The third-order valence-electron chi connectivity index (χ3n) is 2.32. The Labute approximate surface area is 161 Å². The second-order valence-electron chi connectivity index (χ2n) is 4.90. The van der Waals surface area contributed by atoms with E-state index in [9.17, 15) is 69.3 Å². The zero-order valence-electron chi connectivity index (χ0n) is 14.4. The number of carbonyl (C=O) groups excluding carboxylic acids is 7. The number of rotatable bonds is 11. The molecule has 0 spiro atoms. The number of aliphatic carboxylic acids is 7. The van der Waals surface area contributed by atoms with Crippen molar-refractivity contribution >= 4 is 41.8 Å². The van der Waals surface area contributed by atoms with Crippen LogP contribution >= 0.6 is 0 Å². The second-order valence-corrected chi connectivity index (χ2v) is 4.90. The van der Waals surface area contributed by atoms with Gasteiger partial charge in [0.25, 0.3) is 0 Å². The Bertz CT molecular complexity index is 549. The molecule has 29 heavy (non-hydrogen) atoms. The fraction of sp³-hybridized carbons (Fsp3) is 0.500. The van der Waals surface area contributed by atoms with Gasteiger partial charge in [-0.15, -0.1) is 0 Å². The highest BCUT2D eigenvalue weighted by Crippen LogP contribution is 2.13. The van der Waals surface area contributed by atoms with E-state index in [1.807, 2.05) is 0 Å². The SMILES string of the molecule is O=C([O-])CC(O)(CC(=O)[O-])C(=O)[O-].O=C([O-])CCC(=O)[O-].O=C([O-])CCC(=O)[O-]. The molecule has 0 aromatic carbocycles. The van der Waals surface area contributed by atoms with Crippen molar-refractivity contribution in [3.63, 3.8) is 0 Å². The van der Waals surface area contributed by atoms with E-state index >= 15 is 0 Å². The molecule has 0 rings (SSSR count). The molecule has 0 fully saturated rings. The smallest absolute Gasteiger partial charge is 0.114 e. The van der Waals surface area contributed by atoms with Gasteiger partial charge in [-0.3, -0.25) is 0 Å². The first-order valence-corrected chi connectivity index (χ1v) is 7.16. The monoisotopic (exact) mass is 421 g/mol. The van der Waals surface area contributed by atoms with Crippen LogP contribution in [-0.2, 0) is 33.6 Å². The highest BCUT2D eigenvalue weighted by molar-refractivity contribution is 5.86. The fourth-order valence-electron chi connectivity index (χ4n) is 1.09. The van der Waals surface area contributed by atoms with Gasteiger partial charge in [-0.2, -0.15) is 0 Å². The van der Waals surface area contributed by atoms with Crippen LogP contribution in [-0.4, -0.2) is 52.5 Å². The summed E-state index contributed by atoms with van der Waals surface area (Å²) in [5, 5.41) is 76.9. The Kier molecular flexibility index (Phi) is 15.8. The molecule has 0 heterocycles. The maximum atomic E-state index is 10.1. The van der Waals surface area contributed by atoms with Crippen molar-refractivity contribution in [2.75, 3.05) is 0 Å². The number of carboxylic acid groups (broad SMARTS) is 7. The number of carbonyl (C=O) groups is 7. The van der Waals surface area contributed by atoms with Crippen LogP contribution in [0.2, 0.25) is 0 Å². The lowest BCUT2D eigenvalue weighted by Gasteiger charge is -2.29. The third-order valence-corrected chi connectivity index (χ3v) is 2.32. The number of hydrogen-bond acceptors (Lipinski definition) is 15. The van der Waals surface area contributed by atoms with Crippen LogP contribution < -0.4 is 35.7 Å². The molecular formula is C14H13O15-7. The van der Waals surface area contributed by atoms with E-state index in [2.05, 4.69) is 0 Å². The average molecular weight is 421 g/mol. The van der Waals surface area contributed by atoms with Crippen LogP contribution in [0.1, 0.15) is 38.5 Å². The topological polar surface area (TPSA) is 301 Å². The van der Waals surface area contributed by atoms with Crippen LogP contribution in [0.3, 0.4) is 0 Å². The molecule has 1 N–H and O–H groups in total. The third kappa shape index (κ3) is 24.2. The Balaban J connectivity index is -0.000000368. The lowest BCUT2D eigenvalue weighted by Crippen LogP contribution is -2.54. The molecule has 0 radical (unpaired) electrons. The van der Waals surface area contributed by atoms with Crippen molar-refractivity contribution in [3.8, 4) is 0 Å². The van der Waals surface area contributed by atoms with Gasteiger partial charge >= 0.3 is 0 Å². The van der Waals surface area contributed by atoms with Crippen LogP contribution in [0, 0.1) is 0 Å². The quantitative estimate of drug-likeness (QED) is 0.323. The van der Waals surface area contributed by atoms with Crippen molar-refractivity contribution in [3.05, 3.63) is 0 Å². The molecule has 0 unspecified atom stereocenters. The summed E-state index contributed by atoms with van der Waals surface area (Å²) in [4.78, 5) is 68.0. The van der Waals surface area contributed by atoms with Gasteiger partial charge in [-0.25, -0.2) is 0 Å². The fourth-order valence-corrected chi connectivity index (χ4v) is 1.09. The molecule has 0 aromatic rings. The molecule has 15 nitrogen and oxygen atoms in total. The van der Waals surface area contributed by atoms with Gasteiger partial charge in [-0.05, 0) is 25.7 Å². The largest absolute Gasteiger partial charge is 0.550 e. The first-order chi connectivity index (χ1) is 13.0. The Morgan fingerprint density at radius 3 is 0.793 bits per heavy atom. The Hall–Kier alpha value is -3.75. The first-order valence-electron chi connectivity index (χ1n) is 7.16. The summed E-state index contributed by atoms with van der Waals surface area (Å²) in [6.45, 7) is 0. The molecule has 0 aliphatic carbocycles. The molecule has 0 saturated carbocycles. The van der Waals surface area contributed by atoms with E-state index in [1.165, 1.54) is 0 Å². The van der Waals surface area contributed by atoms with E-state index < -0.39 is 85.9 Å². The molecule has 0 saturated heterocycles. The molecule has 0 amide bonds. The van der Waals surface area contributed by atoms with Gasteiger partial charge in [-0.1, -0.05) is 0 Å². The molecule has 15 heteroatoms. The predicted molar refractivity (Wildman–Crippen MR) is 67.7 cm³/mol. The first kappa shape index (κ1) is 30.0. The average Bonchev–Trinajstić information content (AvgIpc) is 2.50. The molecule has 0 aromatic heterocycles. The summed E-state index contributed by atoms with van der Waals surface area (Å²) in [5.41, 5.74) is -2.97. The highest BCUT2D eigenvalue weighted by Gasteiger charge is 2.29. The normalized spacial score (nSPS) is 9.55. The maximum absolute atomic E-state index is 10.1. The zero-order chi connectivity index (χ0) is 23.8. The number of hydrogen-bond donors (Lipinski definition) is 1. The van der Waals surface area contributed by atoms with Gasteiger partial charge in [0.05, 0.1) is 5.97 Å². The summed E-state index contributed by atoms with van der Waals surface area (Å²) in [5.74, 6) is -11.5. The van der Waals surface area contributed by atoms with Gasteiger partial charge in [0.15, 0.2) is 0 Å².